The van der Waals surface area contributed by atoms with Gasteiger partial charge < -0.3 is 4.90 Å². The van der Waals surface area contributed by atoms with Crippen molar-refractivity contribution < 1.29 is 4.79 Å². The fourth-order valence-electron chi connectivity index (χ4n) is 1.53. The van der Waals surface area contributed by atoms with E-state index in [4.69, 9.17) is 0 Å². The van der Waals surface area contributed by atoms with Crippen LogP contribution in [0.25, 0.3) is 0 Å². The second-order valence-electron chi connectivity index (χ2n) is 5.43. The summed E-state index contributed by atoms with van der Waals surface area (Å²) in [6, 6.07) is 0. The Labute approximate surface area is 87.1 Å². The summed E-state index contributed by atoms with van der Waals surface area (Å²) in [6.07, 6.45) is 1.09. The van der Waals surface area contributed by atoms with Crippen LogP contribution in [-0.4, -0.2) is 48.9 Å². The molecule has 0 aromatic heterocycles. The minimum absolute atomic E-state index is 0.281. The molecule has 3 heteroatoms. The number of hydrogen-bond donors (Lipinski definition) is 0. The molecule has 0 aromatic rings. The molecule has 0 aliphatic carbocycles. The van der Waals surface area contributed by atoms with Crippen molar-refractivity contribution >= 4 is 5.91 Å². The van der Waals surface area contributed by atoms with Gasteiger partial charge in [-0.1, -0.05) is 20.8 Å². The Morgan fingerprint density at radius 3 is 2.43 bits per heavy atom. The molecule has 1 fully saturated rings. The van der Waals surface area contributed by atoms with Crippen LogP contribution in [0.4, 0.5) is 0 Å². The molecule has 0 N–H and O–H groups in total. The van der Waals surface area contributed by atoms with Crippen LogP contribution in [0.5, 0.6) is 0 Å². The Balaban J connectivity index is 2.35. The summed E-state index contributed by atoms with van der Waals surface area (Å²) in [5, 5.41) is 0. The summed E-state index contributed by atoms with van der Waals surface area (Å²) in [4.78, 5) is 15.7. The Hall–Kier alpha value is -0.570. The van der Waals surface area contributed by atoms with Gasteiger partial charge >= 0.3 is 0 Å². The maximum atomic E-state index is 11.6. The summed E-state index contributed by atoms with van der Waals surface area (Å²) in [7, 11) is 2.00. The predicted molar refractivity (Wildman–Crippen MR) is 58.1 cm³/mol. The van der Waals surface area contributed by atoms with E-state index in [1.807, 2.05) is 11.9 Å². The van der Waals surface area contributed by atoms with Crippen molar-refractivity contribution in [3.63, 3.8) is 0 Å². The van der Waals surface area contributed by atoms with Gasteiger partial charge in [0, 0.05) is 19.6 Å². The van der Waals surface area contributed by atoms with E-state index >= 15 is 0 Å². The lowest BCUT2D eigenvalue weighted by Crippen LogP contribution is -2.49. The fraction of sp³-hybridized carbons (Fsp3) is 0.909. The summed E-state index contributed by atoms with van der Waals surface area (Å²) in [5.74, 6) is 0.281. The topological polar surface area (TPSA) is 23.6 Å². The minimum atomic E-state index is 0.281. The first-order valence-corrected chi connectivity index (χ1v) is 5.35. The van der Waals surface area contributed by atoms with Crippen LogP contribution in [0.1, 0.15) is 27.2 Å². The molecule has 0 spiro atoms. The van der Waals surface area contributed by atoms with Crippen molar-refractivity contribution in [1.82, 2.24) is 9.80 Å². The summed E-state index contributed by atoms with van der Waals surface area (Å²) in [6.45, 7) is 10.1. The third-order valence-corrected chi connectivity index (χ3v) is 2.64. The lowest BCUT2D eigenvalue weighted by molar-refractivity contribution is -0.135. The third-order valence-electron chi connectivity index (χ3n) is 2.64. The van der Waals surface area contributed by atoms with Gasteiger partial charge in [0.05, 0.1) is 6.54 Å². The van der Waals surface area contributed by atoms with Gasteiger partial charge in [-0.15, -0.1) is 0 Å². The number of hydrogen-bond acceptors (Lipinski definition) is 2. The minimum Gasteiger partial charge on any atom is -0.340 e. The quantitative estimate of drug-likeness (QED) is 0.665. The van der Waals surface area contributed by atoms with Crippen LogP contribution in [0.3, 0.4) is 0 Å². The van der Waals surface area contributed by atoms with Crippen molar-refractivity contribution in [2.24, 2.45) is 5.41 Å². The Morgan fingerprint density at radius 1 is 1.29 bits per heavy atom. The van der Waals surface area contributed by atoms with Crippen molar-refractivity contribution in [1.29, 1.82) is 0 Å². The molecule has 0 unspecified atom stereocenters. The number of likely N-dealkylation sites (N-methyl/N-ethyl adjacent to an activating group) is 1. The predicted octanol–water partition coefficient (Wildman–Crippen LogP) is 1.20. The first-order chi connectivity index (χ1) is 6.38. The second kappa shape index (κ2) is 4.30. The van der Waals surface area contributed by atoms with E-state index in [1.54, 1.807) is 0 Å². The smallest absolute Gasteiger partial charge is 0.236 e. The Kier molecular flexibility index (Phi) is 3.53. The summed E-state index contributed by atoms with van der Waals surface area (Å²) >= 11 is 0. The molecule has 0 bridgehead atoms. The molecule has 1 rings (SSSR count). The SMILES string of the molecule is CN1CCN(CCC(C)(C)C)C(=O)C1. The highest BCUT2D eigenvalue weighted by atomic mass is 16.2. The highest BCUT2D eigenvalue weighted by molar-refractivity contribution is 5.78. The largest absolute Gasteiger partial charge is 0.340 e. The van der Waals surface area contributed by atoms with E-state index < -0.39 is 0 Å². The van der Waals surface area contributed by atoms with Crippen LogP contribution in [0.15, 0.2) is 0 Å². The molecule has 82 valence electrons. The molecule has 0 saturated carbocycles. The maximum Gasteiger partial charge on any atom is 0.236 e. The van der Waals surface area contributed by atoms with Crippen LogP contribution < -0.4 is 0 Å². The molecular formula is C11H22N2O. The Bertz CT molecular complexity index is 208. The van der Waals surface area contributed by atoms with Crippen molar-refractivity contribution in [2.75, 3.05) is 33.2 Å². The monoisotopic (exact) mass is 198 g/mol. The number of piperazine rings is 1. The lowest BCUT2D eigenvalue weighted by Gasteiger charge is -2.33. The third kappa shape index (κ3) is 3.66. The summed E-state index contributed by atoms with van der Waals surface area (Å²) < 4.78 is 0. The molecule has 3 nitrogen and oxygen atoms in total. The van der Waals surface area contributed by atoms with Gasteiger partial charge in [-0.2, -0.15) is 0 Å². The highest BCUT2D eigenvalue weighted by Gasteiger charge is 2.22. The molecule has 0 atom stereocenters. The highest BCUT2D eigenvalue weighted by Crippen LogP contribution is 2.19. The van der Waals surface area contributed by atoms with Crippen LogP contribution >= 0.6 is 0 Å². The van der Waals surface area contributed by atoms with E-state index in [2.05, 4.69) is 25.7 Å². The maximum absolute atomic E-state index is 11.6. The first-order valence-electron chi connectivity index (χ1n) is 5.35. The fourth-order valence-corrected chi connectivity index (χ4v) is 1.53. The van der Waals surface area contributed by atoms with E-state index in [9.17, 15) is 4.79 Å². The lowest BCUT2D eigenvalue weighted by atomic mass is 9.92. The van der Waals surface area contributed by atoms with Crippen LogP contribution in [0.2, 0.25) is 0 Å². The van der Waals surface area contributed by atoms with E-state index in [1.165, 1.54) is 0 Å². The molecule has 1 heterocycles. The average molecular weight is 198 g/mol. The molecule has 14 heavy (non-hydrogen) atoms. The molecule has 1 aliphatic heterocycles. The zero-order valence-corrected chi connectivity index (χ0v) is 9.84. The number of amides is 1. The molecular weight excluding hydrogens is 176 g/mol. The first kappa shape index (κ1) is 11.5. The van der Waals surface area contributed by atoms with Gasteiger partial charge in [-0.25, -0.2) is 0 Å². The van der Waals surface area contributed by atoms with E-state index in [0.717, 1.165) is 26.1 Å². The molecule has 1 amide bonds. The number of carbonyl (C=O) groups is 1. The molecule has 1 aliphatic rings. The standard InChI is InChI=1S/C11H22N2O/c1-11(2,3)5-6-13-8-7-12(4)9-10(13)14/h5-9H2,1-4H3. The van der Waals surface area contributed by atoms with Gasteiger partial charge in [-0.05, 0) is 18.9 Å². The zero-order chi connectivity index (χ0) is 10.8. The van der Waals surface area contributed by atoms with Crippen LogP contribution in [0, 0.1) is 5.41 Å². The van der Waals surface area contributed by atoms with Crippen molar-refractivity contribution in [3.8, 4) is 0 Å². The van der Waals surface area contributed by atoms with Crippen LogP contribution in [-0.2, 0) is 4.79 Å². The van der Waals surface area contributed by atoms with Gasteiger partial charge in [0.15, 0.2) is 0 Å². The molecule has 0 radical (unpaired) electrons. The number of rotatable bonds is 2. The number of nitrogens with zero attached hydrogens (tertiary/aromatic N) is 2. The second-order valence-corrected chi connectivity index (χ2v) is 5.43. The van der Waals surface area contributed by atoms with Gasteiger partial charge in [0.25, 0.3) is 0 Å². The summed E-state index contributed by atoms with van der Waals surface area (Å²) in [5.41, 5.74) is 0.323. The van der Waals surface area contributed by atoms with Crippen molar-refractivity contribution in [3.05, 3.63) is 0 Å². The van der Waals surface area contributed by atoms with Gasteiger partial charge in [0.1, 0.15) is 0 Å². The van der Waals surface area contributed by atoms with Gasteiger partial charge in [0.2, 0.25) is 5.91 Å². The Morgan fingerprint density at radius 2 is 1.93 bits per heavy atom. The molecule has 0 aromatic carbocycles. The van der Waals surface area contributed by atoms with E-state index in [0.29, 0.717) is 12.0 Å². The number of carbonyl (C=O) groups excluding carboxylic acids is 1. The van der Waals surface area contributed by atoms with Crippen molar-refractivity contribution in [2.45, 2.75) is 27.2 Å². The average Bonchev–Trinajstić information content (AvgIpc) is 2.00. The van der Waals surface area contributed by atoms with Gasteiger partial charge in [-0.3, -0.25) is 9.69 Å². The normalized spacial score (nSPS) is 20.3. The molecule has 1 saturated heterocycles. The zero-order valence-electron chi connectivity index (χ0n) is 9.84. The van der Waals surface area contributed by atoms with E-state index in [-0.39, 0.29) is 5.91 Å².